The van der Waals surface area contributed by atoms with E-state index in [0.717, 1.165) is 88.6 Å². The van der Waals surface area contributed by atoms with E-state index in [-0.39, 0.29) is 17.4 Å². The molecule has 0 radical (unpaired) electrons. The van der Waals surface area contributed by atoms with Gasteiger partial charge in [0, 0.05) is 39.0 Å². The number of allylic oxidation sites excluding steroid dienone is 8. The molecule has 2 heterocycles. The van der Waals surface area contributed by atoms with Crippen molar-refractivity contribution in [2.24, 2.45) is 11.3 Å². The van der Waals surface area contributed by atoms with Gasteiger partial charge in [0.05, 0.1) is 46.4 Å². The van der Waals surface area contributed by atoms with Crippen LogP contribution in [0.4, 0.5) is 0 Å². The summed E-state index contributed by atoms with van der Waals surface area (Å²) in [5.41, 5.74) is 13.5. The van der Waals surface area contributed by atoms with Crippen LogP contribution in [0.25, 0.3) is 39.4 Å². The molecular formula is C46H37N5. The Balaban J connectivity index is 1.16. The number of rotatable bonds is 4. The Bertz CT molecular complexity index is 2470. The van der Waals surface area contributed by atoms with Crippen LogP contribution in [-0.4, -0.2) is 15.5 Å². The molecule has 0 spiro atoms. The van der Waals surface area contributed by atoms with E-state index in [1.807, 2.05) is 24.3 Å². The van der Waals surface area contributed by atoms with Crippen molar-refractivity contribution in [3.8, 4) is 35.0 Å². The molecule has 0 saturated heterocycles. The molecule has 5 nitrogen and oxygen atoms in total. The predicted molar refractivity (Wildman–Crippen MR) is 203 cm³/mol. The lowest BCUT2D eigenvalue weighted by Gasteiger charge is -2.42. The highest BCUT2D eigenvalue weighted by molar-refractivity contribution is 5.94. The van der Waals surface area contributed by atoms with Gasteiger partial charge in [0.25, 0.3) is 0 Å². The molecule has 4 aliphatic carbocycles. The number of benzene rings is 3. The van der Waals surface area contributed by atoms with Crippen molar-refractivity contribution in [2.45, 2.75) is 57.9 Å². The second-order valence-corrected chi connectivity index (χ2v) is 14.5. The number of nitriles is 3. The third-order valence-electron chi connectivity index (χ3n) is 11.8. The average Bonchev–Trinajstić information content (AvgIpc) is 3.66. The van der Waals surface area contributed by atoms with Crippen LogP contribution in [0.1, 0.15) is 73.4 Å². The van der Waals surface area contributed by atoms with Crippen LogP contribution in [0.2, 0.25) is 0 Å². The molecule has 3 unspecified atom stereocenters. The smallest absolute Gasteiger partial charge is 0.101 e. The zero-order valence-electron chi connectivity index (χ0n) is 28.7. The molecule has 0 N–H and O–H groups in total. The van der Waals surface area contributed by atoms with Gasteiger partial charge in [0.2, 0.25) is 0 Å². The van der Waals surface area contributed by atoms with Crippen LogP contribution in [0.5, 0.6) is 0 Å². The minimum atomic E-state index is -0.249. The summed E-state index contributed by atoms with van der Waals surface area (Å²) in [5.74, 6) is -0.249. The molecule has 1 aromatic heterocycles. The Kier molecular flexibility index (Phi) is 7.31. The molecular weight excluding hydrogens is 623 g/mol. The summed E-state index contributed by atoms with van der Waals surface area (Å²) >= 11 is 0. The Morgan fingerprint density at radius 3 is 2.49 bits per heavy atom. The van der Waals surface area contributed by atoms with E-state index >= 15 is 0 Å². The lowest BCUT2D eigenvalue weighted by atomic mass is 9.69. The van der Waals surface area contributed by atoms with Crippen LogP contribution in [0.15, 0.2) is 120 Å². The molecule has 5 heteroatoms. The fraction of sp³-hybridized carbons (Fsp3) is 0.239. The maximum atomic E-state index is 10.6. The standard InChI is InChI=1S/C46H37N5/c1-46-23-7-6-18-44(46)51(43-17-5-3-15-39(43)46)45-34(28-48)12-9-14-36(45)33-11-8-10-31(25-33)32-20-22-40(35(26-32)29-49)50-41-16-4-2-13-37(41)38-24-30(27-47)19-21-42(38)50/h2,5-6,8-11,13-14,17-22,24-26,34,44H,3-4,7,12,15-16,23H2,1H3. The van der Waals surface area contributed by atoms with Gasteiger partial charge in [-0.25, -0.2) is 0 Å². The van der Waals surface area contributed by atoms with Gasteiger partial charge in [-0.05, 0) is 110 Å². The van der Waals surface area contributed by atoms with Crippen molar-refractivity contribution in [1.82, 2.24) is 9.47 Å². The van der Waals surface area contributed by atoms with Crippen molar-refractivity contribution in [3.63, 3.8) is 0 Å². The van der Waals surface area contributed by atoms with Crippen molar-refractivity contribution < 1.29 is 0 Å². The summed E-state index contributed by atoms with van der Waals surface area (Å²) in [4.78, 5) is 2.51. The summed E-state index contributed by atoms with van der Waals surface area (Å²) < 4.78 is 2.21. The number of aromatic nitrogens is 1. The van der Waals surface area contributed by atoms with E-state index in [2.05, 4.69) is 120 Å². The quantitative estimate of drug-likeness (QED) is 0.204. The second-order valence-electron chi connectivity index (χ2n) is 14.5. The SMILES string of the molecule is CC12CCC=CC1N(C1=C(c3cccc(-c4ccc(-n5c6c(c7cc(C#N)ccc75)C=CCC6)c(C#N)c4)c3)C=CCC1C#N)C1=C2CCC=C1. The Morgan fingerprint density at radius 1 is 0.784 bits per heavy atom. The lowest BCUT2D eigenvalue weighted by molar-refractivity contribution is 0.220. The zero-order valence-corrected chi connectivity index (χ0v) is 28.7. The second kappa shape index (κ2) is 12.1. The van der Waals surface area contributed by atoms with Gasteiger partial charge in [0.15, 0.2) is 0 Å². The molecule has 51 heavy (non-hydrogen) atoms. The molecule has 0 saturated carbocycles. The number of hydrogen-bond donors (Lipinski definition) is 0. The van der Waals surface area contributed by atoms with Crippen LogP contribution >= 0.6 is 0 Å². The van der Waals surface area contributed by atoms with E-state index < -0.39 is 0 Å². The van der Waals surface area contributed by atoms with Gasteiger partial charge in [-0.15, -0.1) is 0 Å². The van der Waals surface area contributed by atoms with Crippen molar-refractivity contribution >= 4 is 22.6 Å². The minimum absolute atomic E-state index is 0.0595. The van der Waals surface area contributed by atoms with Crippen molar-refractivity contribution in [3.05, 3.63) is 148 Å². The van der Waals surface area contributed by atoms with Crippen LogP contribution in [0.3, 0.4) is 0 Å². The van der Waals surface area contributed by atoms with Gasteiger partial charge in [-0.2, -0.15) is 15.8 Å². The van der Waals surface area contributed by atoms with Crippen LogP contribution < -0.4 is 0 Å². The van der Waals surface area contributed by atoms with Gasteiger partial charge >= 0.3 is 0 Å². The average molecular weight is 660 g/mol. The monoisotopic (exact) mass is 659 g/mol. The molecule has 3 aromatic carbocycles. The Morgan fingerprint density at radius 2 is 1.63 bits per heavy atom. The van der Waals surface area contributed by atoms with E-state index in [0.29, 0.717) is 17.5 Å². The summed E-state index contributed by atoms with van der Waals surface area (Å²) in [6.45, 7) is 2.43. The van der Waals surface area contributed by atoms with Gasteiger partial charge in [-0.3, -0.25) is 0 Å². The highest BCUT2D eigenvalue weighted by atomic mass is 15.2. The van der Waals surface area contributed by atoms with Crippen molar-refractivity contribution in [1.29, 1.82) is 15.8 Å². The topological polar surface area (TPSA) is 79.5 Å². The van der Waals surface area contributed by atoms with Crippen LogP contribution in [0, 0.1) is 45.3 Å². The van der Waals surface area contributed by atoms with Gasteiger partial charge in [0.1, 0.15) is 6.07 Å². The molecule has 3 atom stereocenters. The molecule has 0 fully saturated rings. The largest absolute Gasteiger partial charge is 0.335 e. The zero-order chi connectivity index (χ0) is 34.7. The predicted octanol–water partition coefficient (Wildman–Crippen LogP) is 10.5. The maximum Gasteiger partial charge on any atom is 0.101 e. The summed E-state index contributed by atoms with van der Waals surface area (Å²) in [6, 6.07) is 28.2. The maximum absolute atomic E-state index is 10.6. The van der Waals surface area contributed by atoms with E-state index in [1.54, 1.807) is 0 Å². The number of nitrogens with zero attached hydrogens (tertiary/aromatic N) is 5. The third kappa shape index (κ3) is 4.71. The normalized spacial score (nSPS) is 23.1. The Labute approximate surface area is 299 Å². The first-order valence-electron chi connectivity index (χ1n) is 18.1. The van der Waals surface area contributed by atoms with Crippen molar-refractivity contribution in [2.75, 3.05) is 0 Å². The first kappa shape index (κ1) is 30.9. The first-order chi connectivity index (χ1) is 25.0. The molecule has 5 aliphatic rings. The highest BCUT2D eigenvalue weighted by Gasteiger charge is 2.50. The summed E-state index contributed by atoms with van der Waals surface area (Å²) in [6.07, 6.45) is 24.9. The first-order valence-corrected chi connectivity index (χ1v) is 18.1. The number of hydrogen-bond acceptors (Lipinski definition) is 4. The molecule has 0 bridgehead atoms. The fourth-order valence-corrected chi connectivity index (χ4v) is 9.35. The molecule has 0 amide bonds. The third-order valence-corrected chi connectivity index (χ3v) is 11.8. The van der Waals surface area contributed by atoms with Crippen LogP contribution in [-0.2, 0) is 6.42 Å². The van der Waals surface area contributed by atoms with E-state index in [1.165, 1.54) is 17.0 Å². The summed E-state index contributed by atoms with van der Waals surface area (Å²) in [7, 11) is 0. The molecule has 9 rings (SSSR count). The van der Waals surface area contributed by atoms with E-state index in [4.69, 9.17) is 0 Å². The minimum Gasteiger partial charge on any atom is -0.335 e. The van der Waals surface area contributed by atoms with Gasteiger partial charge < -0.3 is 9.47 Å². The molecule has 1 aliphatic heterocycles. The molecule has 4 aromatic rings. The number of fused-ring (bicyclic) bond motifs is 5. The lowest BCUT2D eigenvalue weighted by Crippen LogP contribution is -2.41. The highest BCUT2D eigenvalue weighted by Crippen LogP contribution is 2.56. The van der Waals surface area contributed by atoms with E-state index in [9.17, 15) is 15.8 Å². The van der Waals surface area contributed by atoms with Gasteiger partial charge in [-0.1, -0.05) is 73.7 Å². The fourth-order valence-electron chi connectivity index (χ4n) is 9.35. The summed E-state index contributed by atoms with van der Waals surface area (Å²) in [5, 5.41) is 31.7. The molecule has 246 valence electrons. The Hall–Kier alpha value is -6.09.